The highest BCUT2D eigenvalue weighted by Crippen LogP contribution is 2.23. The molecule has 0 atom stereocenters. The van der Waals surface area contributed by atoms with Crippen molar-refractivity contribution in [1.82, 2.24) is 9.78 Å². The molecule has 0 aliphatic carbocycles. The van der Waals surface area contributed by atoms with Gasteiger partial charge in [-0.2, -0.15) is 5.10 Å². The molecule has 20 heavy (non-hydrogen) atoms. The monoisotopic (exact) mass is 274 g/mol. The summed E-state index contributed by atoms with van der Waals surface area (Å²) in [7, 11) is 1.69. The Morgan fingerprint density at radius 2 is 2.00 bits per heavy atom. The van der Waals surface area contributed by atoms with Crippen LogP contribution in [0.2, 0.25) is 0 Å². The van der Waals surface area contributed by atoms with Gasteiger partial charge in [-0.25, -0.2) is 9.48 Å². The summed E-state index contributed by atoms with van der Waals surface area (Å²) in [5.41, 5.74) is 2.88. The molecule has 0 spiro atoms. The Labute approximate surface area is 117 Å². The number of hydrogen-bond donors (Lipinski definition) is 1. The number of benzene rings is 1. The zero-order valence-electron chi connectivity index (χ0n) is 11.9. The highest BCUT2D eigenvalue weighted by atomic mass is 16.5. The molecule has 0 aliphatic heterocycles. The number of hydrogen-bond acceptors (Lipinski definition) is 4. The van der Waals surface area contributed by atoms with Crippen molar-refractivity contribution >= 4 is 5.97 Å². The zero-order valence-corrected chi connectivity index (χ0v) is 11.9. The maximum absolute atomic E-state index is 12.1. The summed E-state index contributed by atoms with van der Waals surface area (Å²) in [6, 6.07) is 7.18. The first kappa shape index (κ1) is 14.3. The summed E-state index contributed by atoms with van der Waals surface area (Å²) in [4.78, 5) is 12.1. The Bertz CT molecular complexity index is 615. The molecule has 2 rings (SSSR count). The van der Waals surface area contributed by atoms with E-state index in [1.165, 1.54) is 4.68 Å². The standard InChI is InChI=1S/C15H18N2O3/c1-4-12-13(9-18)16-17(3)14(12)20-15(19)11-7-5-10(2)6-8-11/h5-8,18H,4,9H2,1-3H3. The number of aromatic nitrogens is 2. The second-order valence-electron chi connectivity index (χ2n) is 4.62. The Morgan fingerprint density at radius 1 is 1.35 bits per heavy atom. The number of aliphatic hydroxyl groups is 1. The van der Waals surface area contributed by atoms with Gasteiger partial charge in [-0.3, -0.25) is 0 Å². The summed E-state index contributed by atoms with van der Waals surface area (Å²) in [6.45, 7) is 3.72. The van der Waals surface area contributed by atoms with Crippen LogP contribution in [0, 0.1) is 6.92 Å². The number of carbonyl (C=O) groups is 1. The van der Waals surface area contributed by atoms with E-state index < -0.39 is 5.97 Å². The topological polar surface area (TPSA) is 64.3 Å². The molecule has 0 radical (unpaired) electrons. The van der Waals surface area contributed by atoms with Gasteiger partial charge in [0.05, 0.1) is 17.9 Å². The first-order chi connectivity index (χ1) is 9.56. The van der Waals surface area contributed by atoms with E-state index in [0.717, 1.165) is 11.1 Å². The van der Waals surface area contributed by atoms with Crippen LogP contribution in [0.4, 0.5) is 0 Å². The largest absolute Gasteiger partial charge is 0.404 e. The first-order valence-corrected chi connectivity index (χ1v) is 6.51. The maximum Gasteiger partial charge on any atom is 0.344 e. The van der Waals surface area contributed by atoms with Gasteiger partial charge in [-0.1, -0.05) is 24.6 Å². The highest BCUT2D eigenvalue weighted by molar-refractivity contribution is 5.91. The lowest BCUT2D eigenvalue weighted by molar-refractivity contribution is 0.0718. The summed E-state index contributed by atoms with van der Waals surface area (Å²) in [5, 5.41) is 13.4. The number of rotatable bonds is 4. The van der Waals surface area contributed by atoms with Crippen molar-refractivity contribution in [1.29, 1.82) is 0 Å². The molecule has 106 valence electrons. The van der Waals surface area contributed by atoms with E-state index in [-0.39, 0.29) is 6.61 Å². The fraction of sp³-hybridized carbons (Fsp3) is 0.333. The van der Waals surface area contributed by atoms with Gasteiger partial charge < -0.3 is 9.84 Å². The van der Waals surface area contributed by atoms with E-state index in [9.17, 15) is 9.90 Å². The molecular weight excluding hydrogens is 256 g/mol. The van der Waals surface area contributed by atoms with E-state index in [0.29, 0.717) is 23.6 Å². The van der Waals surface area contributed by atoms with Crippen molar-refractivity contribution in [3.63, 3.8) is 0 Å². The lowest BCUT2D eigenvalue weighted by atomic mass is 10.1. The van der Waals surface area contributed by atoms with Crippen LogP contribution in [0.15, 0.2) is 24.3 Å². The van der Waals surface area contributed by atoms with Gasteiger partial charge in [0.25, 0.3) is 0 Å². The van der Waals surface area contributed by atoms with Crippen LogP contribution in [0.5, 0.6) is 5.88 Å². The molecular formula is C15H18N2O3. The van der Waals surface area contributed by atoms with Crippen molar-refractivity contribution in [2.24, 2.45) is 7.05 Å². The normalized spacial score (nSPS) is 10.6. The van der Waals surface area contributed by atoms with Crippen LogP contribution >= 0.6 is 0 Å². The minimum absolute atomic E-state index is 0.168. The fourth-order valence-electron chi connectivity index (χ4n) is 2.05. The maximum atomic E-state index is 12.1. The summed E-state index contributed by atoms with van der Waals surface area (Å²) < 4.78 is 6.91. The van der Waals surface area contributed by atoms with Gasteiger partial charge >= 0.3 is 5.97 Å². The third kappa shape index (κ3) is 2.72. The van der Waals surface area contributed by atoms with Gasteiger partial charge in [0, 0.05) is 12.6 Å². The molecule has 0 fully saturated rings. The smallest absolute Gasteiger partial charge is 0.344 e. The zero-order chi connectivity index (χ0) is 14.7. The van der Waals surface area contributed by atoms with E-state index in [1.54, 1.807) is 19.2 Å². The van der Waals surface area contributed by atoms with Crippen molar-refractivity contribution in [3.05, 3.63) is 46.6 Å². The first-order valence-electron chi connectivity index (χ1n) is 6.51. The van der Waals surface area contributed by atoms with Crippen molar-refractivity contribution in [3.8, 4) is 5.88 Å². The van der Waals surface area contributed by atoms with Crippen molar-refractivity contribution in [2.45, 2.75) is 26.9 Å². The summed E-state index contributed by atoms with van der Waals surface area (Å²) in [5.74, 6) is -0.0330. The van der Waals surface area contributed by atoms with Crippen LogP contribution in [-0.2, 0) is 20.1 Å². The predicted octanol–water partition coefficient (Wildman–Crippen LogP) is 2.00. The van der Waals surface area contributed by atoms with Crippen LogP contribution in [0.25, 0.3) is 0 Å². The molecule has 1 heterocycles. The third-order valence-corrected chi connectivity index (χ3v) is 3.15. The molecule has 0 saturated heterocycles. The van der Waals surface area contributed by atoms with Gasteiger partial charge in [0.15, 0.2) is 0 Å². The quantitative estimate of drug-likeness (QED) is 0.866. The van der Waals surface area contributed by atoms with Crippen molar-refractivity contribution < 1.29 is 14.6 Å². The number of nitrogens with zero attached hydrogens (tertiary/aromatic N) is 2. The number of ether oxygens (including phenoxy) is 1. The number of esters is 1. The van der Waals surface area contributed by atoms with E-state index in [4.69, 9.17) is 4.74 Å². The molecule has 1 aromatic heterocycles. The van der Waals surface area contributed by atoms with Gasteiger partial charge in [-0.05, 0) is 25.5 Å². The summed E-state index contributed by atoms with van der Waals surface area (Å²) in [6.07, 6.45) is 0.639. The second-order valence-corrected chi connectivity index (χ2v) is 4.62. The lowest BCUT2D eigenvalue weighted by Crippen LogP contribution is -2.12. The lowest BCUT2D eigenvalue weighted by Gasteiger charge is -2.07. The number of aliphatic hydroxyl groups excluding tert-OH is 1. The fourth-order valence-corrected chi connectivity index (χ4v) is 2.05. The Hall–Kier alpha value is -2.14. The predicted molar refractivity (Wildman–Crippen MR) is 74.6 cm³/mol. The molecule has 0 unspecified atom stereocenters. The Balaban J connectivity index is 2.27. The highest BCUT2D eigenvalue weighted by Gasteiger charge is 2.19. The molecule has 0 amide bonds. The van der Waals surface area contributed by atoms with Gasteiger partial charge in [-0.15, -0.1) is 0 Å². The second kappa shape index (κ2) is 5.88. The Morgan fingerprint density at radius 3 is 2.55 bits per heavy atom. The van der Waals surface area contributed by atoms with E-state index in [2.05, 4.69) is 5.10 Å². The average molecular weight is 274 g/mol. The molecule has 0 bridgehead atoms. The molecule has 0 saturated carbocycles. The van der Waals surface area contributed by atoms with E-state index in [1.807, 2.05) is 26.0 Å². The SMILES string of the molecule is CCc1c(CO)nn(C)c1OC(=O)c1ccc(C)cc1. The van der Waals surface area contributed by atoms with Crippen LogP contribution < -0.4 is 4.74 Å². The molecule has 1 aromatic carbocycles. The molecule has 5 heteroatoms. The average Bonchev–Trinajstić information content (AvgIpc) is 2.75. The summed E-state index contributed by atoms with van der Waals surface area (Å²) >= 11 is 0. The van der Waals surface area contributed by atoms with Crippen LogP contribution in [0.1, 0.15) is 34.1 Å². The van der Waals surface area contributed by atoms with E-state index >= 15 is 0 Å². The molecule has 1 N–H and O–H groups in total. The Kier molecular flexibility index (Phi) is 4.20. The minimum Gasteiger partial charge on any atom is -0.404 e. The van der Waals surface area contributed by atoms with Gasteiger partial charge in [0.2, 0.25) is 5.88 Å². The minimum atomic E-state index is -0.424. The molecule has 0 aliphatic rings. The third-order valence-electron chi connectivity index (χ3n) is 3.15. The van der Waals surface area contributed by atoms with Crippen molar-refractivity contribution in [2.75, 3.05) is 0 Å². The van der Waals surface area contributed by atoms with Gasteiger partial charge in [0.1, 0.15) is 0 Å². The number of aryl methyl sites for hydroxylation is 2. The molecule has 5 nitrogen and oxygen atoms in total. The number of carbonyl (C=O) groups excluding carboxylic acids is 1. The molecule has 2 aromatic rings. The van der Waals surface area contributed by atoms with Crippen LogP contribution in [0.3, 0.4) is 0 Å². The van der Waals surface area contributed by atoms with Crippen LogP contribution in [-0.4, -0.2) is 20.9 Å².